The summed E-state index contributed by atoms with van der Waals surface area (Å²) in [6, 6.07) is 31.7. The molecule has 2 N–H and O–H groups in total. The predicted octanol–water partition coefficient (Wildman–Crippen LogP) is 8.63. The van der Waals surface area contributed by atoms with Crippen LogP contribution in [0, 0.1) is 0 Å². The van der Waals surface area contributed by atoms with Gasteiger partial charge >= 0.3 is 30.2 Å². The van der Waals surface area contributed by atoms with Crippen LogP contribution in [0.2, 0.25) is 15.3 Å². The van der Waals surface area contributed by atoms with Crippen LogP contribution in [0.15, 0.2) is 120 Å². The highest BCUT2D eigenvalue weighted by atomic mass is 35.5. The molecular weight excluding hydrogens is 713 g/mol. The molecule has 0 saturated heterocycles. The topological polar surface area (TPSA) is 154 Å². The van der Waals surface area contributed by atoms with Gasteiger partial charge in [-0.05, 0) is 65.7 Å². The quantitative estimate of drug-likeness (QED) is 0.0793. The summed E-state index contributed by atoms with van der Waals surface area (Å²) in [5, 5.41) is 9.72. The van der Waals surface area contributed by atoms with Gasteiger partial charge in [-0.3, -0.25) is 0 Å². The first-order chi connectivity index (χ1) is 24.1. The molecule has 4 aromatic carbocycles. The molecular formula is C36H24Cl3NO10. The van der Waals surface area contributed by atoms with Crippen molar-refractivity contribution in [1.82, 2.24) is 4.98 Å². The molecule has 0 aliphatic heterocycles. The van der Waals surface area contributed by atoms with Crippen LogP contribution in [0.1, 0.15) is 37.0 Å². The van der Waals surface area contributed by atoms with E-state index in [0.717, 1.165) is 10.9 Å². The minimum absolute atomic E-state index is 0.00762. The molecule has 0 aliphatic rings. The molecule has 1 unspecified atom stereocenters. The van der Waals surface area contributed by atoms with Gasteiger partial charge in [0.15, 0.2) is 5.22 Å². The molecule has 2 heterocycles. The van der Waals surface area contributed by atoms with Crippen LogP contribution in [-0.2, 0) is 20.9 Å². The Balaban J connectivity index is 0.000000240. The van der Waals surface area contributed by atoms with Gasteiger partial charge < -0.3 is 33.5 Å². The van der Waals surface area contributed by atoms with Crippen molar-refractivity contribution in [3.63, 3.8) is 0 Å². The number of ether oxygens (including phenoxy) is 4. The Kier molecular flexibility index (Phi) is 11.8. The average molecular weight is 737 g/mol. The number of esters is 3. The molecule has 1 atom stereocenters. The fourth-order valence-corrected chi connectivity index (χ4v) is 4.75. The number of fused-ring (bicyclic) bond motifs is 1. The number of nitrogens with one attached hydrogen (secondary N) is 1. The maximum Gasteiger partial charge on any atom is 0.397 e. The van der Waals surface area contributed by atoms with E-state index in [1.807, 2.05) is 30.3 Å². The van der Waals surface area contributed by atoms with Crippen molar-refractivity contribution in [2.75, 3.05) is 0 Å². The smallest absolute Gasteiger partial charge is 0.397 e. The van der Waals surface area contributed by atoms with Crippen molar-refractivity contribution in [3.05, 3.63) is 153 Å². The number of halogens is 3. The van der Waals surface area contributed by atoms with Crippen molar-refractivity contribution >= 4 is 69.6 Å². The summed E-state index contributed by atoms with van der Waals surface area (Å²) in [4.78, 5) is 51.4. The second-order valence-corrected chi connectivity index (χ2v) is 11.2. The van der Waals surface area contributed by atoms with E-state index in [1.165, 1.54) is 42.5 Å². The van der Waals surface area contributed by atoms with Crippen LogP contribution < -0.4 is 9.47 Å². The molecule has 0 spiro atoms. The van der Waals surface area contributed by atoms with Crippen molar-refractivity contribution < 1.29 is 47.6 Å². The van der Waals surface area contributed by atoms with Gasteiger partial charge in [-0.15, -0.1) is 0 Å². The molecule has 2 aromatic heterocycles. The summed E-state index contributed by atoms with van der Waals surface area (Å²) in [5.74, 6) is -4.41. The summed E-state index contributed by atoms with van der Waals surface area (Å²) in [6.07, 6.45) is -2.02. The first-order valence-corrected chi connectivity index (χ1v) is 15.6. The van der Waals surface area contributed by atoms with Gasteiger partial charge in [0.1, 0.15) is 34.4 Å². The molecule has 50 heavy (non-hydrogen) atoms. The monoisotopic (exact) mass is 735 g/mol. The van der Waals surface area contributed by atoms with E-state index in [9.17, 15) is 19.2 Å². The van der Waals surface area contributed by atoms with Gasteiger partial charge in [-0.2, -0.15) is 0 Å². The second-order valence-electron chi connectivity index (χ2n) is 10.1. The molecule has 0 amide bonds. The Bertz CT molecular complexity index is 2110. The summed E-state index contributed by atoms with van der Waals surface area (Å²) in [6.45, 7) is 0.366. The second kappa shape index (κ2) is 16.6. The summed E-state index contributed by atoms with van der Waals surface area (Å²) < 4.78 is 25.8. The molecule has 0 bridgehead atoms. The lowest BCUT2D eigenvalue weighted by molar-refractivity contribution is -0.163. The van der Waals surface area contributed by atoms with E-state index < -0.39 is 30.2 Å². The van der Waals surface area contributed by atoms with Crippen molar-refractivity contribution in [2.24, 2.45) is 0 Å². The Hall–Kier alpha value is -5.75. The lowest BCUT2D eigenvalue weighted by Crippen LogP contribution is -2.35. The minimum atomic E-state index is -2.02. The van der Waals surface area contributed by atoms with E-state index >= 15 is 0 Å². The zero-order chi connectivity index (χ0) is 35.6. The van der Waals surface area contributed by atoms with E-state index in [4.69, 9.17) is 63.3 Å². The number of benzene rings is 4. The third kappa shape index (κ3) is 9.23. The van der Waals surface area contributed by atoms with Crippen LogP contribution in [0.3, 0.4) is 0 Å². The summed E-state index contributed by atoms with van der Waals surface area (Å²) in [7, 11) is 0. The SMILES string of the molecule is O=C(O)c1ccccc1OCc1ccccc1.O=C(OC(=O)C(OC(=O)c1ccc(Cl)o1)Oc1cccc(Cl)c1Cl)c1cc2ccccc2[nH]1. The average Bonchev–Trinajstić information content (AvgIpc) is 3.76. The Morgan fingerprint density at radius 3 is 2.18 bits per heavy atom. The van der Waals surface area contributed by atoms with Gasteiger partial charge in [-0.1, -0.05) is 89.9 Å². The number of H-pyrrole nitrogens is 1. The molecule has 254 valence electrons. The molecule has 0 saturated carbocycles. The van der Waals surface area contributed by atoms with E-state index in [2.05, 4.69) is 4.98 Å². The fourth-order valence-electron chi connectivity index (χ4n) is 4.27. The number of aromatic nitrogens is 1. The maximum absolute atomic E-state index is 12.7. The van der Waals surface area contributed by atoms with E-state index in [0.29, 0.717) is 17.9 Å². The molecule has 11 nitrogen and oxygen atoms in total. The van der Waals surface area contributed by atoms with Crippen LogP contribution >= 0.6 is 34.8 Å². The zero-order valence-electron chi connectivity index (χ0n) is 25.5. The van der Waals surface area contributed by atoms with E-state index in [1.54, 1.807) is 42.5 Å². The first kappa shape index (κ1) is 35.6. The number of aromatic carboxylic acids is 1. The van der Waals surface area contributed by atoms with Gasteiger partial charge in [0.05, 0.1) is 5.02 Å². The van der Waals surface area contributed by atoms with Gasteiger partial charge in [0, 0.05) is 10.9 Å². The number of furan rings is 1. The number of rotatable bonds is 10. The third-order valence-electron chi connectivity index (χ3n) is 6.63. The number of carbonyl (C=O) groups is 4. The molecule has 6 rings (SSSR count). The number of carboxylic acid groups (broad SMARTS) is 1. The number of hydrogen-bond acceptors (Lipinski definition) is 9. The van der Waals surface area contributed by atoms with Crippen molar-refractivity contribution in [1.29, 1.82) is 0 Å². The molecule has 6 aromatic rings. The first-order valence-electron chi connectivity index (χ1n) is 14.5. The Labute approximate surface area is 298 Å². The van der Waals surface area contributed by atoms with Crippen molar-refractivity contribution in [2.45, 2.75) is 12.9 Å². The molecule has 0 radical (unpaired) electrons. The number of hydrogen-bond donors (Lipinski definition) is 2. The number of aromatic amines is 1. The molecule has 14 heteroatoms. The fraction of sp³-hybridized carbons (Fsp3) is 0.0556. The predicted molar refractivity (Wildman–Crippen MR) is 183 cm³/mol. The zero-order valence-corrected chi connectivity index (χ0v) is 27.8. The lowest BCUT2D eigenvalue weighted by atomic mass is 10.2. The van der Waals surface area contributed by atoms with Crippen LogP contribution in [0.25, 0.3) is 10.9 Å². The lowest BCUT2D eigenvalue weighted by Gasteiger charge is -2.18. The van der Waals surface area contributed by atoms with Gasteiger partial charge in [-0.25, -0.2) is 19.2 Å². The third-order valence-corrected chi connectivity index (χ3v) is 7.63. The summed E-state index contributed by atoms with van der Waals surface area (Å²) in [5.41, 5.74) is 1.86. The number of para-hydroxylation sites is 2. The maximum atomic E-state index is 12.7. The van der Waals surface area contributed by atoms with Gasteiger partial charge in [0.25, 0.3) is 0 Å². The minimum Gasteiger partial charge on any atom is -0.488 e. The Morgan fingerprint density at radius 2 is 1.46 bits per heavy atom. The molecule has 0 aliphatic carbocycles. The van der Waals surface area contributed by atoms with Crippen LogP contribution in [-0.4, -0.2) is 40.3 Å². The largest absolute Gasteiger partial charge is 0.488 e. The highest BCUT2D eigenvalue weighted by Gasteiger charge is 2.32. The van der Waals surface area contributed by atoms with Crippen LogP contribution in [0.4, 0.5) is 0 Å². The van der Waals surface area contributed by atoms with E-state index in [-0.39, 0.29) is 38.0 Å². The van der Waals surface area contributed by atoms with Crippen LogP contribution in [0.5, 0.6) is 11.5 Å². The summed E-state index contributed by atoms with van der Waals surface area (Å²) >= 11 is 17.7. The number of carboxylic acids is 1. The standard InChI is InChI=1S/C22H12Cl3NO7.C14H12O3/c23-12-5-3-7-15(18(12)25)31-22(33-20(28)16-8-9-17(24)30-16)21(29)32-19(27)14-10-11-4-1-2-6-13(11)26-14;15-14(16)12-8-4-5-9-13(12)17-10-11-6-2-1-3-7-11/h1-10,22,26H;1-9H,10H2,(H,15,16). The van der Waals surface area contributed by atoms with Gasteiger partial charge in [0.2, 0.25) is 5.76 Å². The number of carbonyl (C=O) groups excluding carboxylic acids is 3. The normalized spacial score (nSPS) is 11.1. The Morgan fingerprint density at radius 1 is 0.760 bits per heavy atom. The molecule has 0 fully saturated rings. The van der Waals surface area contributed by atoms with Crippen molar-refractivity contribution in [3.8, 4) is 11.5 Å². The highest BCUT2D eigenvalue weighted by molar-refractivity contribution is 6.42. The highest BCUT2D eigenvalue weighted by Crippen LogP contribution is 2.32.